The van der Waals surface area contributed by atoms with Crippen LogP contribution in [-0.4, -0.2) is 25.9 Å². The van der Waals surface area contributed by atoms with Crippen LogP contribution in [0.4, 0.5) is 11.4 Å². The number of methoxy groups -OCH3 is 2. The largest absolute Gasteiger partial charge is 0.493 e. The van der Waals surface area contributed by atoms with Crippen LogP contribution in [0.3, 0.4) is 0 Å². The molecule has 6 heteroatoms. The van der Waals surface area contributed by atoms with Gasteiger partial charge >= 0.3 is 0 Å². The SMILES string of the molecule is COc1ccc([C@H]2C3=C(C[C@@H](c4ccc(C(C)(C)C)cc4)CC3=O)Nc3ccccc3N2C(C)=O)cc1OC. The molecule has 1 heterocycles. The molecule has 3 aromatic rings. The third-order valence-corrected chi connectivity index (χ3v) is 7.80. The number of carbonyl (C=O) groups excluding carboxylic acids is 2. The van der Waals surface area contributed by atoms with Crippen molar-refractivity contribution in [3.05, 3.63) is 94.7 Å². The molecule has 0 aromatic heterocycles. The highest BCUT2D eigenvalue weighted by molar-refractivity contribution is 6.06. The van der Waals surface area contributed by atoms with Gasteiger partial charge < -0.3 is 14.8 Å². The van der Waals surface area contributed by atoms with E-state index in [9.17, 15) is 9.59 Å². The Hall–Kier alpha value is -4.06. The molecule has 0 saturated carbocycles. The Morgan fingerprint density at radius 2 is 1.56 bits per heavy atom. The fraction of sp³-hybridized carbons (Fsp3) is 0.333. The van der Waals surface area contributed by atoms with Crippen LogP contribution in [0.25, 0.3) is 0 Å². The zero-order chi connectivity index (χ0) is 27.9. The molecule has 0 unspecified atom stereocenters. The first-order valence-electron chi connectivity index (χ1n) is 13.4. The van der Waals surface area contributed by atoms with Gasteiger partial charge in [0.1, 0.15) is 0 Å². The van der Waals surface area contributed by atoms with E-state index in [0.29, 0.717) is 29.9 Å². The van der Waals surface area contributed by atoms with E-state index in [2.05, 4.69) is 50.4 Å². The molecule has 6 nitrogen and oxygen atoms in total. The molecule has 0 spiro atoms. The standard InChI is InChI=1S/C33H36N2O4/c1-20(36)35-27-10-8-7-9-25(27)34-26-17-23(21-11-14-24(15-12-21)33(2,3)4)18-28(37)31(26)32(35)22-13-16-29(38-5)30(19-22)39-6/h7-16,19,23,32,34H,17-18H2,1-6H3/t23-,32+/m1/s1. The number of nitrogens with zero attached hydrogens (tertiary/aromatic N) is 1. The van der Waals surface area contributed by atoms with Crippen LogP contribution in [0.1, 0.15) is 69.2 Å². The van der Waals surface area contributed by atoms with Crippen molar-refractivity contribution in [2.24, 2.45) is 0 Å². The molecule has 39 heavy (non-hydrogen) atoms. The summed E-state index contributed by atoms with van der Waals surface area (Å²) in [6.45, 7) is 8.14. The summed E-state index contributed by atoms with van der Waals surface area (Å²) in [6, 6.07) is 21.4. The summed E-state index contributed by atoms with van der Waals surface area (Å²) >= 11 is 0. The summed E-state index contributed by atoms with van der Waals surface area (Å²) in [4.78, 5) is 29.1. The number of hydrogen-bond donors (Lipinski definition) is 1. The number of allylic oxidation sites excluding steroid dienone is 1. The van der Waals surface area contributed by atoms with Crippen molar-refractivity contribution in [2.75, 3.05) is 24.4 Å². The summed E-state index contributed by atoms with van der Waals surface area (Å²) in [5.74, 6) is 1.06. The Morgan fingerprint density at radius 1 is 0.897 bits per heavy atom. The van der Waals surface area contributed by atoms with E-state index in [0.717, 1.165) is 28.2 Å². The average molecular weight is 525 g/mol. The van der Waals surface area contributed by atoms with Gasteiger partial charge in [-0.25, -0.2) is 0 Å². The van der Waals surface area contributed by atoms with E-state index in [4.69, 9.17) is 9.47 Å². The zero-order valence-corrected chi connectivity index (χ0v) is 23.5. The van der Waals surface area contributed by atoms with Crippen molar-refractivity contribution < 1.29 is 19.1 Å². The van der Waals surface area contributed by atoms with Gasteiger partial charge in [-0.05, 0) is 58.7 Å². The van der Waals surface area contributed by atoms with Crippen molar-refractivity contribution >= 4 is 23.1 Å². The number of ketones is 1. The molecular weight excluding hydrogens is 488 g/mol. The predicted octanol–water partition coefficient (Wildman–Crippen LogP) is 6.92. The summed E-state index contributed by atoms with van der Waals surface area (Å²) in [7, 11) is 3.17. The Morgan fingerprint density at radius 3 is 2.21 bits per heavy atom. The molecule has 2 atom stereocenters. The molecule has 1 amide bonds. The third-order valence-electron chi connectivity index (χ3n) is 7.80. The van der Waals surface area contributed by atoms with Crippen molar-refractivity contribution in [1.82, 2.24) is 0 Å². The van der Waals surface area contributed by atoms with Crippen LogP contribution in [0, 0.1) is 0 Å². The fourth-order valence-electron chi connectivity index (χ4n) is 5.77. The number of carbonyl (C=O) groups is 2. The van der Waals surface area contributed by atoms with Gasteiger partial charge in [0.15, 0.2) is 17.3 Å². The van der Waals surface area contributed by atoms with Crippen molar-refractivity contribution in [3.63, 3.8) is 0 Å². The van der Waals surface area contributed by atoms with E-state index in [-0.39, 0.29) is 23.0 Å². The summed E-state index contributed by atoms with van der Waals surface area (Å²) in [5.41, 5.74) is 6.27. The maximum Gasteiger partial charge on any atom is 0.224 e. The second-order valence-corrected chi connectivity index (χ2v) is 11.3. The average Bonchev–Trinajstić information content (AvgIpc) is 3.07. The van der Waals surface area contributed by atoms with Crippen LogP contribution in [-0.2, 0) is 15.0 Å². The molecule has 0 radical (unpaired) electrons. The first-order valence-corrected chi connectivity index (χ1v) is 13.4. The summed E-state index contributed by atoms with van der Waals surface area (Å²) < 4.78 is 11.0. The number of fused-ring (bicyclic) bond motifs is 1. The smallest absolute Gasteiger partial charge is 0.224 e. The predicted molar refractivity (Wildman–Crippen MR) is 155 cm³/mol. The van der Waals surface area contributed by atoms with Crippen LogP contribution >= 0.6 is 0 Å². The van der Waals surface area contributed by atoms with E-state index < -0.39 is 6.04 Å². The first kappa shape index (κ1) is 26.5. The van der Waals surface area contributed by atoms with E-state index in [1.54, 1.807) is 26.0 Å². The number of amides is 1. The van der Waals surface area contributed by atoms with Gasteiger partial charge in [0, 0.05) is 24.6 Å². The number of ether oxygens (including phenoxy) is 2. The van der Waals surface area contributed by atoms with Crippen molar-refractivity contribution in [1.29, 1.82) is 0 Å². The monoisotopic (exact) mass is 524 g/mol. The van der Waals surface area contributed by atoms with Gasteiger partial charge in [0.05, 0.1) is 31.6 Å². The minimum Gasteiger partial charge on any atom is -0.493 e. The Bertz CT molecular complexity index is 1450. The fourth-order valence-corrected chi connectivity index (χ4v) is 5.77. The van der Waals surface area contributed by atoms with Crippen molar-refractivity contribution in [3.8, 4) is 11.5 Å². The van der Waals surface area contributed by atoms with Gasteiger partial charge in [-0.15, -0.1) is 0 Å². The minimum absolute atomic E-state index is 0.0347. The van der Waals surface area contributed by atoms with Gasteiger partial charge in [-0.2, -0.15) is 0 Å². The van der Waals surface area contributed by atoms with Gasteiger partial charge in [0.2, 0.25) is 5.91 Å². The summed E-state index contributed by atoms with van der Waals surface area (Å²) in [5, 5.41) is 3.57. The molecule has 0 saturated heterocycles. The Balaban J connectivity index is 1.65. The highest BCUT2D eigenvalue weighted by atomic mass is 16.5. The normalized spacial score (nSPS) is 19.0. The topological polar surface area (TPSA) is 67.9 Å². The number of hydrogen-bond acceptors (Lipinski definition) is 5. The van der Waals surface area contributed by atoms with Crippen LogP contribution in [0.15, 0.2) is 78.0 Å². The quantitative estimate of drug-likeness (QED) is 0.401. The number of para-hydroxylation sites is 2. The molecule has 1 aliphatic heterocycles. The summed E-state index contributed by atoms with van der Waals surface area (Å²) in [6.07, 6.45) is 1.04. The number of nitrogens with one attached hydrogen (secondary N) is 1. The lowest BCUT2D eigenvalue weighted by Crippen LogP contribution is -2.37. The molecule has 1 aliphatic carbocycles. The molecule has 2 aliphatic rings. The van der Waals surface area contributed by atoms with E-state index in [1.807, 2.05) is 42.5 Å². The lowest BCUT2D eigenvalue weighted by molar-refractivity contribution is -0.117. The Kier molecular flexibility index (Phi) is 6.98. The van der Waals surface area contributed by atoms with Crippen LogP contribution in [0.2, 0.25) is 0 Å². The molecule has 3 aromatic carbocycles. The number of Topliss-reactive ketones (excluding diaryl/α,β-unsaturated/α-hetero) is 1. The molecule has 0 fully saturated rings. The second-order valence-electron chi connectivity index (χ2n) is 11.3. The lowest BCUT2D eigenvalue weighted by Gasteiger charge is -2.35. The number of anilines is 2. The zero-order valence-electron chi connectivity index (χ0n) is 23.5. The number of benzene rings is 3. The molecule has 5 rings (SSSR count). The van der Waals surface area contributed by atoms with E-state index in [1.165, 1.54) is 5.56 Å². The van der Waals surface area contributed by atoms with E-state index >= 15 is 0 Å². The highest BCUT2D eigenvalue weighted by Gasteiger charge is 2.41. The number of rotatable bonds is 4. The third kappa shape index (κ3) is 4.91. The first-order chi connectivity index (χ1) is 18.6. The molecule has 202 valence electrons. The second kappa shape index (κ2) is 10.3. The Labute approximate surface area is 230 Å². The molecule has 1 N–H and O–H groups in total. The van der Waals surface area contributed by atoms with Gasteiger partial charge in [-0.3, -0.25) is 14.5 Å². The highest BCUT2D eigenvalue weighted by Crippen LogP contribution is 2.48. The minimum atomic E-state index is -0.606. The van der Waals surface area contributed by atoms with Gasteiger partial charge in [0.25, 0.3) is 0 Å². The van der Waals surface area contributed by atoms with Gasteiger partial charge in [-0.1, -0.05) is 63.2 Å². The van der Waals surface area contributed by atoms with Crippen molar-refractivity contribution in [2.45, 2.75) is 57.9 Å². The van der Waals surface area contributed by atoms with Crippen LogP contribution in [0.5, 0.6) is 11.5 Å². The maximum atomic E-state index is 14.1. The van der Waals surface area contributed by atoms with Crippen LogP contribution < -0.4 is 19.7 Å². The molecular formula is C33H36N2O4. The maximum absolute atomic E-state index is 14.1. The lowest BCUT2D eigenvalue weighted by atomic mass is 9.77. The molecule has 0 bridgehead atoms.